The van der Waals surface area contributed by atoms with Gasteiger partial charge in [0, 0.05) is 0 Å². The van der Waals surface area contributed by atoms with E-state index in [1.807, 2.05) is 6.92 Å². The van der Waals surface area contributed by atoms with E-state index in [2.05, 4.69) is 20.0 Å². The predicted molar refractivity (Wildman–Crippen MR) is 118 cm³/mol. The van der Waals surface area contributed by atoms with Gasteiger partial charge in [0.05, 0.1) is 14.2 Å². The SMILES string of the molecule is COC1=C(OC)C(O)C(CCCCCCCCCC[PH](C)(C)C)=C(C)C1O. The van der Waals surface area contributed by atoms with Crippen LogP contribution < -0.4 is 0 Å². The van der Waals surface area contributed by atoms with Crippen LogP contribution in [0, 0.1) is 0 Å². The molecule has 0 aromatic rings. The molecule has 1 aliphatic carbocycles. The molecule has 0 saturated carbocycles. The second-order valence-electron chi connectivity index (χ2n) is 9.04. The summed E-state index contributed by atoms with van der Waals surface area (Å²) in [6.45, 7) is 9.23. The third kappa shape index (κ3) is 8.13. The Kier molecular flexibility index (Phi) is 11.0. The molecule has 0 amide bonds. The van der Waals surface area contributed by atoms with Gasteiger partial charge in [-0.2, -0.15) is 0 Å². The fourth-order valence-corrected chi connectivity index (χ4v) is 5.12. The van der Waals surface area contributed by atoms with Gasteiger partial charge >= 0.3 is 108 Å². The topological polar surface area (TPSA) is 58.9 Å². The van der Waals surface area contributed by atoms with Crippen molar-refractivity contribution < 1.29 is 19.7 Å². The van der Waals surface area contributed by atoms with Crippen LogP contribution in [0.4, 0.5) is 0 Å². The fourth-order valence-electron chi connectivity index (χ4n) is 3.81. The van der Waals surface area contributed by atoms with Crippen molar-refractivity contribution in [3.63, 3.8) is 0 Å². The molecule has 0 radical (unpaired) electrons. The molecule has 0 heterocycles. The molecular weight excluding hydrogens is 359 g/mol. The number of ether oxygens (including phenoxy) is 2. The van der Waals surface area contributed by atoms with Gasteiger partial charge in [0.15, 0.2) is 11.5 Å². The molecule has 2 N–H and O–H groups in total. The Balaban J connectivity index is 2.25. The van der Waals surface area contributed by atoms with Crippen molar-refractivity contribution in [1.29, 1.82) is 0 Å². The summed E-state index contributed by atoms with van der Waals surface area (Å²) in [4.78, 5) is 0. The minimum absolute atomic E-state index is 0.320. The van der Waals surface area contributed by atoms with Crippen molar-refractivity contribution in [2.24, 2.45) is 0 Å². The van der Waals surface area contributed by atoms with Gasteiger partial charge in [-0.1, -0.05) is 0 Å². The molecule has 0 fully saturated rings. The summed E-state index contributed by atoms with van der Waals surface area (Å²) in [6.07, 6.45) is 10.9. The number of hydrogen-bond donors (Lipinski definition) is 2. The van der Waals surface area contributed by atoms with Crippen LogP contribution in [-0.4, -0.2) is 62.8 Å². The summed E-state index contributed by atoms with van der Waals surface area (Å²) >= 11 is 0. The van der Waals surface area contributed by atoms with Gasteiger partial charge in [0.1, 0.15) is 6.10 Å². The first-order valence-electron chi connectivity index (χ1n) is 10.6. The van der Waals surface area contributed by atoms with Gasteiger partial charge < -0.3 is 19.7 Å². The van der Waals surface area contributed by atoms with E-state index in [9.17, 15) is 10.2 Å². The number of hydrogen-bond acceptors (Lipinski definition) is 4. The Morgan fingerprint density at radius 3 is 1.67 bits per heavy atom. The first-order chi connectivity index (χ1) is 12.7. The summed E-state index contributed by atoms with van der Waals surface area (Å²) in [6, 6.07) is 0. The molecule has 4 nitrogen and oxygen atoms in total. The minimum Gasteiger partial charge on any atom is -0.381 e. The van der Waals surface area contributed by atoms with Crippen LogP contribution in [-0.2, 0) is 9.47 Å². The second kappa shape index (κ2) is 12.1. The number of aliphatic hydroxyl groups excluding tert-OH is 2. The molecule has 2 atom stereocenters. The maximum absolute atomic E-state index is 10.6. The summed E-state index contributed by atoms with van der Waals surface area (Å²) in [5.41, 5.74) is 1.68. The second-order valence-corrected chi connectivity index (χ2v) is 14.7. The Hall–Kier alpha value is -0.570. The summed E-state index contributed by atoms with van der Waals surface area (Å²) < 4.78 is 10.5. The van der Waals surface area contributed by atoms with Gasteiger partial charge in [-0.3, -0.25) is 0 Å². The molecule has 0 aliphatic heterocycles. The van der Waals surface area contributed by atoms with E-state index in [0.717, 1.165) is 30.4 Å². The minimum atomic E-state index is -0.853. The molecule has 1 aliphatic rings. The average molecular weight is 403 g/mol. The van der Waals surface area contributed by atoms with Crippen molar-refractivity contribution >= 4 is 7.26 Å². The quantitative estimate of drug-likeness (QED) is 0.266. The third-order valence-corrected chi connectivity index (χ3v) is 7.40. The standard InChI is InChI=1S/C22H43O4P/c1-17-18(20(24)22(26-3)21(25-2)19(17)23)15-13-11-9-7-8-10-12-14-16-27(4,5)6/h19-20,23-24,27H,7-16H2,1-6H3. The molecule has 27 heavy (non-hydrogen) atoms. The summed E-state index contributed by atoms with van der Waals surface area (Å²) in [7, 11) is 2.15. The van der Waals surface area contributed by atoms with E-state index in [1.54, 1.807) is 0 Å². The van der Waals surface area contributed by atoms with Crippen LogP contribution >= 0.6 is 7.26 Å². The smallest absolute Gasteiger partial charge is 0.381 e. The number of unbranched alkanes of at least 4 members (excludes halogenated alkanes) is 7. The number of aliphatic hydroxyl groups is 2. The zero-order valence-corrected chi connectivity index (χ0v) is 19.4. The van der Waals surface area contributed by atoms with E-state index in [-0.39, 0.29) is 0 Å². The van der Waals surface area contributed by atoms with Crippen molar-refractivity contribution in [2.45, 2.75) is 76.9 Å². The first-order valence-corrected chi connectivity index (χ1v) is 14.3. The average Bonchev–Trinajstić information content (AvgIpc) is 2.60. The Bertz CT molecular complexity index is 505. The zero-order chi connectivity index (χ0) is 20.4. The van der Waals surface area contributed by atoms with Gasteiger partial charge in [0.2, 0.25) is 0 Å². The molecule has 0 bridgehead atoms. The number of rotatable bonds is 13. The third-order valence-electron chi connectivity index (χ3n) is 5.55. The molecular formula is C22H43O4P. The molecule has 5 heteroatoms. The molecule has 0 saturated heterocycles. The van der Waals surface area contributed by atoms with Crippen molar-refractivity contribution in [2.75, 3.05) is 40.4 Å². The van der Waals surface area contributed by atoms with Crippen LogP contribution in [0.25, 0.3) is 0 Å². The Labute approximate surface area is 167 Å². The van der Waals surface area contributed by atoms with Gasteiger partial charge in [-0.25, -0.2) is 0 Å². The maximum atomic E-state index is 10.6. The van der Waals surface area contributed by atoms with Crippen molar-refractivity contribution in [3.8, 4) is 0 Å². The Morgan fingerprint density at radius 2 is 1.19 bits per heavy atom. The van der Waals surface area contributed by atoms with E-state index >= 15 is 0 Å². The van der Waals surface area contributed by atoms with E-state index in [4.69, 9.17) is 9.47 Å². The molecule has 0 aromatic carbocycles. The van der Waals surface area contributed by atoms with E-state index < -0.39 is 19.5 Å². The summed E-state index contributed by atoms with van der Waals surface area (Å²) in [5.74, 6) is 0.657. The first kappa shape index (κ1) is 24.5. The van der Waals surface area contributed by atoms with Crippen LogP contribution in [0.15, 0.2) is 22.7 Å². The fraction of sp³-hybridized carbons (Fsp3) is 0.818. The normalized spacial score (nSPS) is 21.6. The molecule has 160 valence electrons. The van der Waals surface area contributed by atoms with Gasteiger partial charge in [0.25, 0.3) is 0 Å². The molecule has 2 unspecified atom stereocenters. The van der Waals surface area contributed by atoms with Crippen LogP contribution in [0.1, 0.15) is 64.7 Å². The van der Waals surface area contributed by atoms with Crippen LogP contribution in [0.2, 0.25) is 0 Å². The van der Waals surface area contributed by atoms with E-state index in [1.165, 1.54) is 58.9 Å². The predicted octanol–water partition coefficient (Wildman–Crippen LogP) is 4.69. The molecule has 0 spiro atoms. The van der Waals surface area contributed by atoms with Gasteiger partial charge in [-0.15, -0.1) is 0 Å². The molecule has 1 rings (SSSR count). The van der Waals surface area contributed by atoms with Gasteiger partial charge in [-0.05, 0) is 6.92 Å². The van der Waals surface area contributed by atoms with Crippen LogP contribution in [0.3, 0.4) is 0 Å². The van der Waals surface area contributed by atoms with Crippen molar-refractivity contribution in [3.05, 3.63) is 22.7 Å². The summed E-state index contributed by atoms with van der Waals surface area (Å²) in [5, 5.41) is 21.0. The number of methoxy groups -OCH3 is 2. The monoisotopic (exact) mass is 402 g/mol. The molecule has 0 aromatic heterocycles. The van der Waals surface area contributed by atoms with Crippen LogP contribution in [0.5, 0.6) is 0 Å². The van der Waals surface area contributed by atoms with E-state index in [0.29, 0.717) is 11.5 Å². The van der Waals surface area contributed by atoms with Crippen molar-refractivity contribution in [1.82, 2.24) is 0 Å². The zero-order valence-electron chi connectivity index (χ0n) is 18.4. The Morgan fingerprint density at radius 1 is 0.741 bits per heavy atom.